The van der Waals surface area contributed by atoms with Gasteiger partial charge in [0, 0.05) is 6.42 Å². The molecule has 0 amide bonds. The van der Waals surface area contributed by atoms with Gasteiger partial charge in [0.1, 0.15) is 6.10 Å². The number of ether oxygens (including phenoxy) is 1. The molecule has 0 N–H and O–H groups in total. The van der Waals surface area contributed by atoms with E-state index in [4.69, 9.17) is 4.74 Å². The molecule has 1 heterocycles. The summed E-state index contributed by atoms with van der Waals surface area (Å²) in [5.74, 6) is 0.747. The van der Waals surface area contributed by atoms with Crippen molar-refractivity contribution >= 4 is 5.97 Å². The van der Waals surface area contributed by atoms with Gasteiger partial charge in [0.2, 0.25) is 0 Å². The second-order valence-corrected chi connectivity index (χ2v) is 2.92. The highest BCUT2D eigenvalue weighted by Crippen LogP contribution is 2.40. The van der Waals surface area contributed by atoms with E-state index < -0.39 is 0 Å². The van der Waals surface area contributed by atoms with Crippen LogP contribution in [0.3, 0.4) is 0 Å². The third-order valence-electron chi connectivity index (χ3n) is 2.10. The monoisotopic (exact) mass is 126 g/mol. The zero-order valence-electron chi connectivity index (χ0n) is 5.30. The minimum Gasteiger partial charge on any atom is -0.462 e. The second kappa shape index (κ2) is 1.72. The molecule has 2 fully saturated rings. The average Bonchev–Trinajstić information content (AvgIpc) is 2.43. The molecule has 2 rings (SSSR count). The van der Waals surface area contributed by atoms with Gasteiger partial charge >= 0.3 is 5.97 Å². The number of hydrogen-bond donors (Lipinski definition) is 0. The van der Waals surface area contributed by atoms with Gasteiger partial charge in [-0.1, -0.05) is 0 Å². The van der Waals surface area contributed by atoms with Crippen molar-refractivity contribution in [2.45, 2.75) is 31.8 Å². The van der Waals surface area contributed by atoms with Crippen molar-refractivity contribution in [2.24, 2.45) is 5.92 Å². The first-order chi connectivity index (χ1) is 4.36. The molecule has 0 aromatic carbocycles. The van der Waals surface area contributed by atoms with Gasteiger partial charge in [-0.05, 0) is 25.2 Å². The van der Waals surface area contributed by atoms with Crippen molar-refractivity contribution in [1.29, 1.82) is 0 Å². The summed E-state index contributed by atoms with van der Waals surface area (Å²) in [5, 5.41) is 0. The Morgan fingerprint density at radius 1 is 1.56 bits per heavy atom. The lowest BCUT2D eigenvalue weighted by Gasteiger charge is -1.96. The van der Waals surface area contributed by atoms with Crippen molar-refractivity contribution in [2.75, 3.05) is 0 Å². The predicted molar refractivity (Wildman–Crippen MR) is 31.8 cm³/mol. The first-order valence-electron chi connectivity index (χ1n) is 3.56. The van der Waals surface area contributed by atoms with Gasteiger partial charge in [0.25, 0.3) is 0 Å². The molecular formula is C7H10O2. The van der Waals surface area contributed by atoms with Crippen LogP contribution in [0.1, 0.15) is 25.7 Å². The van der Waals surface area contributed by atoms with Gasteiger partial charge in [0.15, 0.2) is 0 Å². The minimum atomic E-state index is 0.0139. The number of hydrogen-bond acceptors (Lipinski definition) is 2. The maximum absolute atomic E-state index is 10.7. The normalized spacial score (nSPS) is 40.7. The molecule has 2 aliphatic rings. The van der Waals surface area contributed by atoms with E-state index in [1.54, 1.807) is 0 Å². The smallest absolute Gasteiger partial charge is 0.306 e. The molecule has 0 radical (unpaired) electrons. The first kappa shape index (κ1) is 5.27. The highest BCUT2D eigenvalue weighted by Gasteiger charge is 2.41. The van der Waals surface area contributed by atoms with Crippen molar-refractivity contribution in [1.82, 2.24) is 0 Å². The summed E-state index contributed by atoms with van der Waals surface area (Å²) in [4.78, 5) is 10.7. The summed E-state index contributed by atoms with van der Waals surface area (Å²) in [7, 11) is 0. The number of esters is 1. The van der Waals surface area contributed by atoms with Gasteiger partial charge in [0.05, 0.1) is 0 Å². The van der Waals surface area contributed by atoms with Crippen LogP contribution in [0.5, 0.6) is 0 Å². The summed E-state index contributed by atoms with van der Waals surface area (Å²) >= 11 is 0. The zero-order valence-corrected chi connectivity index (χ0v) is 5.30. The van der Waals surface area contributed by atoms with Crippen LogP contribution in [-0.2, 0) is 9.53 Å². The first-order valence-corrected chi connectivity index (χ1v) is 3.56. The summed E-state index contributed by atoms with van der Waals surface area (Å²) < 4.78 is 5.05. The number of fused-ring (bicyclic) bond motifs is 1. The van der Waals surface area contributed by atoms with E-state index >= 15 is 0 Å². The van der Waals surface area contributed by atoms with E-state index in [0.29, 0.717) is 12.5 Å². The van der Waals surface area contributed by atoms with Gasteiger partial charge in [-0.15, -0.1) is 0 Å². The molecule has 9 heavy (non-hydrogen) atoms. The molecule has 0 aromatic heterocycles. The van der Waals surface area contributed by atoms with Crippen LogP contribution in [0.2, 0.25) is 0 Å². The number of carbonyl (C=O) groups excluding carboxylic acids is 1. The van der Waals surface area contributed by atoms with E-state index in [9.17, 15) is 4.79 Å². The Kier molecular flexibility index (Phi) is 1.01. The van der Waals surface area contributed by atoms with Gasteiger partial charge in [-0.2, -0.15) is 0 Å². The third-order valence-corrected chi connectivity index (χ3v) is 2.10. The van der Waals surface area contributed by atoms with Crippen LogP contribution in [0.25, 0.3) is 0 Å². The molecule has 2 heteroatoms. The fraction of sp³-hybridized carbons (Fsp3) is 0.857. The Balaban J connectivity index is 1.99. The highest BCUT2D eigenvalue weighted by molar-refractivity contribution is 5.70. The lowest BCUT2D eigenvalue weighted by atomic mass is 10.2. The Hall–Kier alpha value is -0.530. The molecule has 50 valence electrons. The quantitative estimate of drug-likeness (QED) is 0.454. The van der Waals surface area contributed by atoms with Gasteiger partial charge < -0.3 is 4.74 Å². The van der Waals surface area contributed by atoms with Gasteiger partial charge in [-0.3, -0.25) is 4.79 Å². The standard InChI is InChI=1S/C7H10O2/c8-7-3-1-2-5-4-6(5)9-7/h5-6H,1-4H2. The topological polar surface area (TPSA) is 26.3 Å². The Bertz CT molecular complexity index is 142. The lowest BCUT2D eigenvalue weighted by Crippen LogP contribution is -2.03. The van der Waals surface area contributed by atoms with Crippen molar-refractivity contribution in [3.8, 4) is 0 Å². The SMILES string of the molecule is O=C1CCCC2CC2O1. The largest absolute Gasteiger partial charge is 0.462 e. The summed E-state index contributed by atoms with van der Waals surface area (Å²) in [5.41, 5.74) is 0. The molecule has 1 aliphatic carbocycles. The summed E-state index contributed by atoms with van der Waals surface area (Å²) in [6.07, 6.45) is 4.34. The average molecular weight is 126 g/mol. The fourth-order valence-corrected chi connectivity index (χ4v) is 1.40. The molecular weight excluding hydrogens is 116 g/mol. The summed E-state index contributed by atoms with van der Waals surface area (Å²) in [6.45, 7) is 0. The Labute approximate surface area is 54.2 Å². The molecule has 2 atom stereocenters. The molecule has 2 nitrogen and oxygen atoms in total. The van der Waals surface area contributed by atoms with Crippen molar-refractivity contribution < 1.29 is 9.53 Å². The van der Waals surface area contributed by atoms with Crippen LogP contribution < -0.4 is 0 Å². The predicted octanol–water partition coefficient (Wildman–Crippen LogP) is 1.10. The van der Waals surface area contributed by atoms with Crippen molar-refractivity contribution in [3.05, 3.63) is 0 Å². The van der Waals surface area contributed by atoms with Crippen LogP contribution >= 0.6 is 0 Å². The van der Waals surface area contributed by atoms with Gasteiger partial charge in [-0.25, -0.2) is 0 Å². The minimum absolute atomic E-state index is 0.0139. The van der Waals surface area contributed by atoms with E-state index in [1.165, 1.54) is 6.42 Å². The number of carbonyl (C=O) groups is 1. The molecule has 1 aliphatic heterocycles. The second-order valence-electron chi connectivity index (χ2n) is 2.92. The lowest BCUT2D eigenvalue weighted by molar-refractivity contribution is -0.144. The summed E-state index contributed by atoms with van der Waals surface area (Å²) in [6, 6.07) is 0. The maximum atomic E-state index is 10.7. The molecule has 2 unspecified atom stereocenters. The van der Waals surface area contributed by atoms with Crippen LogP contribution in [0.4, 0.5) is 0 Å². The molecule has 1 saturated heterocycles. The zero-order chi connectivity index (χ0) is 6.27. The molecule has 0 bridgehead atoms. The maximum Gasteiger partial charge on any atom is 0.306 e. The molecule has 1 saturated carbocycles. The Morgan fingerprint density at radius 3 is 3.33 bits per heavy atom. The van der Waals surface area contributed by atoms with Crippen LogP contribution in [0.15, 0.2) is 0 Å². The highest BCUT2D eigenvalue weighted by atomic mass is 16.5. The molecule has 0 aromatic rings. The fourth-order valence-electron chi connectivity index (χ4n) is 1.40. The van der Waals surface area contributed by atoms with E-state index in [-0.39, 0.29) is 5.97 Å². The number of rotatable bonds is 0. The van der Waals surface area contributed by atoms with E-state index in [0.717, 1.165) is 18.8 Å². The third kappa shape index (κ3) is 0.934. The van der Waals surface area contributed by atoms with Crippen molar-refractivity contribution in [3.63, 3.8) is 0 Å². The Morgan fingerprint density at radius 2 is 2.44 bits per heavy atom. The van der Waals surface area contributed by atoms with Crippen LogP contribution in [0, 0.1) is 5.92 Å². The van der Waals surface area contributed by atoms with Crippen LogP contribution in [-0.4, -0.2) is 12.1 Å². The van der Waals surface area contributed by atoms with E-state index in [1.807, 2.05) is 0 Å². The molecule has 0 spiro atoms. The van der Waals surface area contributed by atoms with E-state index in [2.05, 4.69) is 0 Å².